The Hall–Kier alpha value is -1.57. The number of rotatable bonds is 3. The van der Waals surface area contributed by atoms with Crippen LogP contribution in [0.5, 0.6) is 5.88 Å². The third kappa shape index (κ3) is 2.89. The lowest BCUT2D eigenvalue weighted by Gasteiger charge is -2.08. The van der Waals surface area contributed by atoms with E-state index in [9.17, 15) is 4.79 Å². The minimum atomic E-state index is -0.246. The Morgan fingerprint density at radius 2 is 2.21 bits per heavy atom. The van der Waals surface area contributed by atoms with Crippen LogP contribution in [0.25, 0.3) is 0 Å². The molecule has 0 aliphatic heterocycles. The van der Waals surface area contributed by atoms with E-state index < -0.39 is 0 Å². The minimum Gasteiger partial charge on any atom is -0.481 e. The molecule has 0 unspecified atom stereocenters. The topological polar surface area (TPSA) is 56.1 Å². The first-order chi connectivity index (χ1) is 9.02. The van der Waals surface area contributed by atoms with Gasteiger partial charge in [-0.25, -0.2) is 4.68 Å². The Morgan fingerprint density at radius 3 is 2.84 bits per heavy atom. The van der Waals surface area contributed by atoms with Crippen molar-refractivity contribution in [2.45, 2.75) is 6.92 Å². The smallest absolute Gasteiger partial charge is 0.276 e. The number of ether oxygens (including phenoxy) is 1. The molecule has 1 amide bonds. The first kappa shape index (κ1) is 13.9. The van der Waals surface area contributed by atoms with Crippen LogP contribution in [0, 0.1) is 10.5 Å². The van der Waals surface area contributed by atoms with Crippen LogP contribution < -0.4 is 10.1 Å². The number of nitrogens with zero attached hydrogens (tertiary/aromatic N) is 2. The second-order valence-corrected chi connectivity index (χ2v) is 5.22. The summed E-state index contributed by atoms with van der Waals surface area (Å²) in [7, 11) is 3.27. The predicted molar refractivity (Wildman–Crippen MR) is 81.6 cm³/mol. The first-order valence-corrected chi connectivity index (χ1v) is 6.75. The van der Waals surface area contributed by atoms with E-state index in [-0.39, 0.29) is 5.91 Å². The maximum atomic E-state index is 12.1. The summed E-state index contributed by atoms with van der Waals surface area (Å²) in [5.74, 6) is 0.300. The quantitative estimate of drug-likeness (QED) is 0.844. The summed E-state index contributed by atoms with van der Waals surface area (Å²) in [5.41, 5.74) is 2.17. The van der Waals surface area contributed by atoms with Crippen molar-refractivity contribution in [2.75, 3.05) is 12.4 Å². The zero-order valence-electron chi connectivity index (χ0n) is 10.9. The minimum absolute atomic E-state index is 0.246. The number of hydrogen-bond acceptors (Lipinski definition) is 3. The molecule has 0 radical (unpaired) electrons. The van der Waals surface area contributed by atoms with Crippen LogP contribution in [0.1, 0.15) is 16.1 Å². The summed E-state index contributed by atoms with van der Waals surface area (Å²) in [6, 6.07) is 7.38. The molecule has 0 aliphatic carbocycles. The zero-order chi connectivity index (χ0) is 14.0. The van der Waals surface area contributed by atoms with Gasteiger partial charge in [-0.05, 0) is 47.2 Å². The summed E-state index contributed by atoms with van der Waals surface area (Å²) in [6.07, 6.45) is 0. The van der Waals surface area contributed by atoms with Gasteiger partial charge in [-0.2, -0.15) is 5.10 Å². The Morgan fingerprint density at radius 1 is 1.47 bits per heavy atom. The summed E-state index contributed by atoms with van der Waals surface area (Å²) >= 11 is 2.24. The maximum Gasteiger partial charge on any atom is 0.276 e. The van der Waals surface area contributed by atoms with Gasteiger partial charge in [-0.1, -0.05) is 6.07 Å². The van der Waals surface area contributed by atoms with E-state index in [2.05, 4.69) is 33.0 Å². The third-order valence-corrected chi connectivity index (χ3v) is 3.96. The van der Waals surface area contributed by atoms with Crippen LogP contribution in [0.2, 0.25) is 0 Å². The molecule has 0 fully saturated rings. The summed E-state index contributed by atoms with van der Waals surface area (Å²) in [5, 5.41) is 6.96. The first-order valence-electron chi connectivity index (χ1n) is 5.67. The average Bonchev–Trinajstić information content (AvgIpc) is 2.76. The second-order valence-electron chi connectivity index (χ2n) is 4.06. The SMILES string of the molecule is COc1cc(C(=O)Nc2cccc(I)c2C)nn1C. The number of benzene rings is 1. The fraction of sp³-hybridized carbons (Fsp3) is 0.231. The number of amides is 1. The summed E-state index contributed by atoms with van der Waals surface area (Å²) in [4.78, 5) is 12.1. The van der Waals surface area contributed by atoms with E-state index in [4.69, 9.17) is 4.74 Å². The predicted octanol–water partition coefficient (Wildman–Crippen LogP) is 2.59. The number of aromatic nitrogens is 2. The molecule has 0 spiro atoms. The van der Waals surface area contributed by atoms with Gasteiger partial charge < -0.3 is 10.1 Å². The van der Waals surface area contributed by atoms with E-state index in [0.29, 0.717) is 11.6 Å². The highest BCUT2D eigenvalue weighted by Gasteiger charge is 2.14. The largest absolute Gasteiger partial charge is 0.481 e. The van der Waals surface area contributed by atoms with Crippen molar-refractivity contribution < 1.29 is 9.53 Å². The van der Waals surface area contributed by atoms with Gasteiger partial charge in [0.15, 0.2) is 5.69 Å². The molecule has 100 valence electrons. The molecule has 2 rings (SSSR count). The number of carbonyl (C=O) groups is 1. The fourth-order valence-electron chi connectivity index (χ4n) is 1.68. The molecule has 1 N–H and O–H groups in total. The number of methoxy groups -OCH3 is 1. The van der Waals surface area contributed by atoms with Crippen molar-refractivity contribution in [2.24, 2.45) is 7.05 Å². The zero-order valence-corrected chi connectivity index (χ0v) is 13.1. The number of nitrogens with one attached hydrogen (secondary N) is 1. The van der Waals surface area contributed by atoms with Crippen LogP contribution in [0.3, 0.4) is 0 Å². The molecule has 2 aromatic rings. The number of halogens is 1. The Balaban J connectivity index is 2.23. The average molecular weight is 371 g/mol. The lowest BCUT2D eigenvalue weighted by atomic mass is 10.2. The van der Waals surface area contributed by atoms with E-state index in [1.54, 1.807) is 20.2 Å². The Labute approximate surface area is 125 Å². The molecular weight excluding hydrogens is 357 g/mol. The lowest BCUT2D eigenvalue weighted by Crippen LogP contribution is -2.14. The number of carbonyl (C=O) groups excluding carboxylic acids is 1. The van der Waals surface area contributed by atoms with Crippen LogP contribution >= 0.6 is 22.6 Å². The van der Waals surface area contributed by atoms with E-state index in [1.165, 1.54) is 4.68 Å². The van der Waals surface area contributed by atoms with Crippen LogP contribution in [0.4, 0.5) is 5.69 Å². The Kier molecular flexibility index (Phi) is 4.08. The Bertz CT molecular complexity index is 622. The molecule has 0 saturated heterocycles. The van der Waals surface area contributed by atoms with Gasteiger partial charge in [-0.3, -0.25) is 4.79 Å². The van der Waals surface area contributed by atoms with Gasteiger partial charge in [0.2, 0.25) is 5.88 Å². The van der Waals surface area contributed by atoms with Crippen LogP contribution in [-0.2, 0) is 7.05 Å². The maximum absolute atomic E-state index is 12.1. The summed E-state index contributed by atoms with van der Waals surface area (Å²) < 4.78 is 7.72. The highest BCUT2D eigenvalue weighted by Crippen LogP contribution is 2.21. The van der Waals surface area contributed by atoms with Gasteiger partial charge in [-0.15, -0.1) is 0 Å². The third-order valence-electron chi connectivity index (χ3n) is 2.79. The molecule has 5 nitrogen and oxygen atoms in total. The fourth-order valence-corrected chi connectivity index (χ4v) is 2.18. The van der Waals surface area contributed by atoms with Crippen molar-refractivity contribution >= 4 is 34.2 Å². The highest BCUT2D eigenvalue weighted by atomic mass is 127. The van der Waals surface area contributed by atoms with E-state index in [1.807, 2.05) is 25.1 Å². The molecule has 19 heavy (non-hydrogen) atoms. The van der Waals surface area contributed by atoms with Crippen molar-refractivity contribution in [3.05, 3.63) is 39.1 Å². The standard InChI is InChI=1S/C13H14IN3O2/c1-8-9(14)5-4-6-10(8)15-13(18)11-7-12(19-3)17(2)16-11/h4-7H,1-3H3,(H,15,18). The van der Waals surface area contributed by atoms with Crippen LogP contribution in [-0.4, -0.2) is 22.8 Å². The normalized spacial score (nSPS) is 10.3. The van der Waals surface area contributed by atoms with Crippen molar-refractivity contribution in [3.8, 4) is 5.88 Å². The van der Waals surface area contributed by atoms with Gasteiger partial charge in [0.25, 0.3) is 5.91 Å². The van der Waals surface area contributed by atoms with Gasteiger partial charge in [0.05, 0.1) is 7.11 Å². The van der Waals surface area contributed by atoms with Gasteiger partial charge in [0, 0.05) is 22.4 Å². The molecule has 1 heterocycles. The highest BCUT2D eigenvalue weighted by molar-refractivity contribution is 14.1. The number of anilines is 1. The van der Waals surface area contributed by atoms with Crippen molar-refractivity contribution in [3.63, 3.8) is 0 Å². The molecule has 6 heteroatoms. The molecule has 0 bridgehead atoms. The number of hydrogen-bond donors (Lipinski definition) is 1. The molecule has 0 atom stereocenters. The molecular formula is C13H14IN3O2. The van der Waals surface area contributed by atoms with Crippen LogP contribution in [0.15, 0.2) is 24.3 Å². The van der Waals surface area contributed by atoms with Crippen molar-refractivity contribution in [1.29, 1.82) is 0 Å². The monoisotopic (exact) mass is 371 g/mol. The van der Waals surface area contributed by atoms with Gasteiger partial charge >= 0.3 is 0 Å². The van der Waals surface area contributed by atoms with Crippen molar-refractivity contribution in [1.82, 2.24) is 9.78 Å². The molecule has 0 saturated carbocycles. The van der Waals surface area contributed by atoms with E-state index >= 15 is 0 Å². The molecule has 1 aromatic heterocycles. The van der Waals surface area contributed by atoms with Gasteiger partial charge in [0.1, 0.15) is 0 Å². The lowest BCUT2D eigenvalue weighted by molar-refractivity contribution is 0.102. The summed E-state index contributed by atoms with van der Waals surface area (Å²) in [6.45, 7) is 1.97. The molecule has 0 aliphatic rings. The molecule has 1 aromatic carbocycles. The number of aryl methyl sites for hydroxylation is 1. The second kappa shape index (κ2) is 5.60. The van der Waals surface area contributed by atoms with E-state index in [0.717, 1.165) is 14.8 Å².